The minimum absolute atomic E-state index is 0.129. The quantitative estimate of drug-likeness (QED) is 0.828. The number of aryl methyl sites for hydroxylation is 1. The Morgan fingerprint density at radius 2 is 2.14 bits per heavy atom. The van der Waals surface area contributed by atoms with Gasteiger partial charge in [0.05, 0.1) is 5.02 Å². The number of rotatable bonds is 3. The summed E-state index contributed by atoms with van der Waals surface area (Å²) in [6.07, 6.45) is 1.21. The van der Waals surface area contributed by atoms with Gasteiger partial charge in [0.1, 0.15) is 4.90 Å². The number of halogens is 2. The van der Waals surface area contributed by atoms with Gasteiger partial charge < -0.3 is 5.32 Å². The van der Waals surface area contributed by atoms with Gasteiger partial charge in [0, 0.05) is 23.3 Å². The average Bonchev–Trinajstić information content (AvgIpc) is 2.73. The Hall–Kier alpha value is -1.42. The van der Waals surface area contributed by atoms with Crippen LogP contribution < -0.4 is 10.5 Å². The van der Waals surface area contributed by atoms with Crippen molar-refractivity contribution < 1.29 is 13.2 Å². The molecular formula is C11H10BrClN4O3S. The highest BCUT2D eigenvalue weighted by Gasteiger charge is 2.20. The van der Waals surface area contributed by atoms with Crippen LogP contribution in [0, 0.1) is 0 Å². The van der Waals surface area contributed by atoms with Gasteiger partial charge in [-0.15, -0.1) is 0 Å². The van der Waals surface area contributed by atoms with Crippen LogP contribution in [0.1, 0.15) is 10.4 Å². The summed E-state index contributed by atoms with van der Waals surface area (Å²) in [5.74, 6) is -0.660. The van der Waals surface area contributed by atoms with Gasteiger partial charge in [0.2, 0.25) is 10.0 Å². The third kappa shape index (κ3) is 3.62. The van der Waals surface area contributed by atoms with Crippen LogP contribution >= 0.6 is 27.5 Å². The van der Waals surface area contributed by atoms with Crippen molar-refractivity contribution >= 4 is 49.3 Å². The summed E-state index contributed by atoms with van der Waals surface area (Å²) in [6.45, 7) is 0. The van der Waals surface area contributed by atoms with E-state index in [1.807, 2.05) is 0 Å². The number of sulfonamides is 1. The highest BCUT2D eigenvalue weighted by Crippen LogP contribution is 2.24. The standard InChI is InChI=1S/C11H10BrClN4O3S/c1-17-5-9(21(14,19)20)10(16-17)15-11(18)6-2-3-8(13)7(12)4-6/h2-5H,1H3,(H2,14,19,20)(H,15,16,18). The number of amides is 1. The van der Waals surface area contributed by atoms with Gasteiger partial charge in [-0.2, -0.15) is 5.10 Å². The predicted octanol–water partition coefficient (Wildman–Crippen LogP) is 1.74. The molecule has 0 saturated heterocycles. The fraction of sp³-hybridized carbons (Fsp3) is 0.0909. The molecule has 0 aliphatic rings. The predicted molar refractivity (Wildman–Crippen MR) is 81.7 cm³/mol. The normalized spacial score (nSPS) is 11.4. The van der Waals surface area contributed by atoms with Gasteiger partial charge in [0.15, 0.2) is 5.82 Å². The number of nitrogens with zero attached hydrogens (tertiary/aromatic N) is 2. The monoisotopic (exact) mass is 392 g/mol. The third-order valence-electron chi connectivity index (χ3n) is 2.52. The number of hydrogen-bond donors (Lipinski definition) is 2. The molecule has 0 unspecified atom stereocenters. The topological polar surface area (TPSA) is 107 Å². The van der Waals surface area contributed by atoms with E-state index in [0.29, 0.717) is 9.50 Å². The summed E-state index contributed by atoms with van der Waals surface area (Å²) in [4.78, 5) is 11.8. The number of anilines is 1. The summed E-state index contributed by atoms with van der Waals surface area (Å²) >= 11 is 9.05. The molecule has 0 fully saturated rings. The van der Waals surface area contributed by atoms with E-state index in [-0.39, 0.29) is 16.3 Å². The lowest BCUT2D eigenvalue weighted by atomic mass is 10.2. The van der Waals surface area contributed by atoms with E-state index in [1.165, 1.54) is 30.1 Å². The lowest BCUT2D eigenvalue weighted by Gasteiger charge is -2.05. The van der Waals surface area contributed by atoms with Crippen LogP contribution in [-0.2, 0) is 17.1 Å². The fourth-order valence-corrected chi connectivity index (χ4v) is 2.74. The molecule has 0 aliphatic carbocycles. The molecule has 21 heavy (non-hydrogen) atoms. The minimum atomic E-state index is -3.98. The molecule has 1 aromatic carbocycles. The van der Waals surface area contributed by atoms with E-state index in [4.69, 9.17) is 16.7 Å². The molecule has 112 valence electrons. The summed E-state index contributed by atoms with van der Waals surface area (Å²) in [5, 5.41) is 11.8. The molecule has 0 bridgehead atoms. The number of benzene rings is 1. The first-order valence-corrected chi connectivity index (χ1v) is 8.23. The van der Waals surface area contributed by atoms with Crippen molar-refractivity contribution in [2.75, 3.05) is 5.32 Å². The number of aromatic nitrogens is 2. The Morgan fingerprint density at radius 3 is 2.71 bits per heavy atom. The molecule has 0 aliphatic heterocycles. The minimum Gasteiger partial charge on any atom is -0.304 e. The Morgan fingerprint density at radius 1 is 1.48 bits per heavy atom. The fourth-order valence-electron chi connectivity index (χ4n) is 1.58. The van der Waals surface area contributed by atoms with Crippen molar-refractivity contribution in [1.29, 1.82) is 0 Å². The van der Waals surface area contributed by atoms with Crippen LogP contribution in [0.2, 0.25) is 5.02 Å². The van der Waals surface area contributed by atoms with E-state index >= 15 is 0 Å². The average molecular weight is 394 g/mol. The molecule has 2 rings (SSSR count). The summed E-state index contributed by atoms with van der Waals surface area (Å²) in [5.41, 5.74) is 0.289. The van der Waals surface area contributed by atoms with E-state index < -0.39 is 15.9 Å². The lowest BCUT2D eigenvalue weighted by Crippen LogP contribution is -2.17. The molecule has 0 spiro atoms. The van der Waals surface area contributed by atoms with Crippen LogP contribution in [0.4, 0.5) is 5.82 Å². The first kappa shape index (κ1) is 16.0. The van der Waals surface area contributed by atoms with Crippen molar-refractivity contribution in [3.05, 3.63) is 39.5 Å². The lowest BCUT2D eigenvalue weighted by molar-refractivity contribution is 0.102. The number of nitrogens with one attached hydrogen (secondary N) is 1. The van der Waals surface area contributed by atoms with E-state index in [2.05, 4.69) is 26.3 Å². The van der Waals surface area contributed by atoms with Crippen LogP contribution in [0.3, 0.4) is 0 Å². The Labute approximate surface area is 134 Å². The second-order valence-electron chi connectivity index (χ2n) is 4.14. The maximum absolute atomic E-state index is 12.1. The second-order valence-corrected chi connectivity index (χ2v) is 6.94. The zero-order chi connectivity index (χ0) is 15.8. The van der Waals surface area contributed by atoms with Gasteiger partial charge >= 0.3 is 0 Å². The van der Waals surface area contributed by atoms with Gasteiger partial charge in [-0.1, -0.05) is 11.6 Å². The number of nitrogens with two attached hydrogens (primary N) is 1. The van der Waals surface area contributed by atoms with E-state index in [9.17, 15) is 13.2 Å². The highest BCUT2D eigenvalue weighted by atomic mass is 79.9. The van der Waals surface area contributed by atoms with Gasteiger partial charge in [-0.25, -0.2) is 13.6 Å². The third-order valence-corrected chi connectivity index (χ3v) is 4.64. The van der Waals surface area contributed by atoms with Crippen molar-refractivity contribution in [3.63, 3.8) is 0 Å². The van der Waals surface area contributed by atoms with Crippen molar-refractivity contribution in [2.45, 2.75) is 4.90 Å². The zero-order valence-electron chi connectivity index (χ0n) is 10.7. The number of hydrogen-bond acceptors (Lipinski definition) is 4. The summed E-state index contributed by atoms with van der Waals surface area (Å²) in [6, 6.07) is 4.55. The first-order chi connectivity index (χ1) is 9.68. The van der Waals surface area contributed by atoms with Crippen molar-refractivity contribution in [2.24, 2.45) is 12.2 Å². The zero-order valence-corrected chi connectivity index (χ0v) is 13.8. The largest absolute Gasteiger partial charge is 0.304 e. The molecule has 0 atom stereocenters. The summed E-state index contributed by atoms with van der Waals surface area (Å²) < 4.78 is 24.7. The van der Waals surface area contributed by atoms with E-state index in [1.54, 1.807) is 6.07 Å². The van der Waals surface area contributed by atoms with Crippen LogP contribution in [0.5, 0.6) is 0 Å². The first-order valence-electron chi connectivity index (χ1n) is 5.51. The molecule has 2 aromatic rings. The van der Waals surface area contributed by atoms with Gasteiger partial charge in [-0.3, -0.25) is 9.48 Å². The van der Waals surface area contributed by atoms with E-state index in [0.717, 1.165) is 0 Å². The molecule has 1 aromatic heterocycles. The smallest absolute Gasteiger partial charge is 0.256 e. The molecule has 3 N–H and O–H groups in total. The van der Waals surface area contributed by atoms with Gasteiger partial charge in [0.25, 0.3) is 5.91 Å². The molecule has 0 radical (unpaired) electrons. The molecule has 7 nitrogen and oxygen atoms in total. The summed E-state index contributed by atoms with van der Waals surface area (Å²) in [7, 11) is -2.47. The Kier molecular flexibility index (Phi) is 4.38. The van der Waals surface area contributed by atoms with Crippen molar-refractivity contribution in [1.82, 2.24) is 9.78 Å². The van der Waals surface area contributed by atoms with Gasteiger partial charge in [-0.05, 0) is 34.1 Å². The van der Waals surface area contributed by atoms with Crippen LogP contribution in [0.25, 0.3) is 0 Å². The number of carbonyl (C=O) groups excluding carboxylic acids is 1. The SMILES string of the molecule is Cn1cc(S(N)(=O)=O)c(NC(=O)c2ccc(Cl)c(Br)c2)n1. The maximum atomic E-state index is 12.1. The maximum Gasteiger partial charge on any atom is 0.256 e. The Balaban J connectivity index is 2.34. The number of carbonyl (C=O) groups is 1. The molecule has 0 saturated carbocycles. The van der Waals surface area contributed by atoms with Crippen molar-refractivity contribution in [3.8, 4) is 0 Å². The molecule has 10 heteroatoms. The molecular weight excluding hydrogens is 384 g/mol. The number of primary sulfonamides is 1. The highest BCUT2D eigenvalue weighted by molar-refractivity contribution is 9.10. The second kappa shape index (κ2) is 5.76. The molecule has 1 amide bonds. The van der Waals surface area contributed by atoms with Crippen LogP contribution in [0.15, 0.2) is 33.8 Å². The molecule has 1 heterocycles. The Bertz CT molecular complexity index is 819. The van der Waals surface area contributed by atoms with Crippen LogP contribution in [-0.4, -0.2) is 24.1 Å².